The minimum Gasteiger partial charge on any atom is -0.494 e. The Kier molecular flexibility index (Phi) is 7.47. The van der Waals surface area contributed by atoms with Crippen molar-refractivity contribution in [2.75, 3.05) is 23.9 Å². The van der Waals surface area contributed by atoms with Crippen molar-refractivity contribution in [3.05, 3.63) is 24.3 Å². The summed E-state index contributed by atoms with van der Waals surface area (Å²) in [5.41, 5.74) is 6.26. The van der Waals surface area contributed by atoms with E-state index in [9.17, 15) is 14.4 Å². The summed E-state index contributed by atoms with van der Waals surface area (Å²) in [6, 6.07) is 6.05. The lowest BCUT2D eigenvalue weighted by molar-refractivity contribution is -0.144. The lowest BCUT2D eigenvalue weighted by Gasteiger charge is -2.16. The highest BCUT2D eigenvalue weighted by Crippen LogP contribution is 2.30. The maximum absolute atomic E-state index is 12.6. The monoisotopic (exact) mass is 380 g/mol. The molecule has 0 bridgehead atoms. The fraction of sp³-hybridized carbons (Fsp3) is 0.500. The molecule has 0 radical (unpaired) electrons. The molecule has 8 heteroatoms. The van der Waals surface area contributed by atoms with Crippen molar-refractivity contribution in [1.29, 1.82) is 0 Å². The van der Waals surface area contributed by atoms with Crippen LogP contribution >= 0.6 is 11.8 Å². The highest BCUT2D eigenvalue weighted by atomic mass is 32.2. The average Bonchev–Trinajstić information content (AvgIpc) is 2.92. The van der Waals surface area contributed by atoms with Crippen LogP contribution in [0.1, 0.15) is 26.7 Å². The molecule has 1 heterocycles. The van der Waals surface area contributed by atoms with Crippen LogP contribution < -0.4 is 15.4 Å². The first kappa shape index (κ1) is 20.3. The highest BCUT2D eigenvalue weighted by Gasteiger charge is 2.40. The van der Waals surface area contributed by atoms with Gasteiger partial charge in [0.15, 0.2) is 0 Å². The molecule has 1 aliphatic rings. The lowest BCUT2D eigenvalue weighted by Crippen LogP contribution is -2.36. The standard InChI is InChI=1S/C18H24N2O5S/c1-3-9-25-13-7-5-12(6-8-13)20-16(21)10-15(17(20)22)26-11-14(19)18(23)24-4-2/h5-8,14-15H,3-4,9-11,19H2,1-2H3/t14-,15+/m1/s1. The number of hydrogen-bond acceptors (Lipinski definition) is 7. The number of carbonyl (C=O) groups excluding carboxylic acids is 3. The van der Waals surface area contributed by atoms with Crippen molar-refractivity contribution in [3.63, 3.8) is 0 Å². The number of rotatable bonds is 9. The molecule has 0 aliphatic carbocycles. The second-order valence-corrected chi connectivity index (χ2v) is 7.03. The fourth-order valence-electron chi connectivity index (χ4n) is 2.45. The van der Waals surface area contributed by atoms with Gasteiger partial charge in [-0.1, -0.05) is 6.92 Å². The molecule has 1 aromatic rings. The number of anilines is 1. The number of imide groups is 1. The van der Waals surface area contributed by atoms with Gasteiger partial charge in [-0.2, -0.15) is 0 Å². The van der Waals surface area contributed by atoms with Crippen molar-refractivity contribution >= 4 is 35.2 Å². The molecule has 2 N–H and O–H groups in total. The van der Waals surface area contributed by atoms with Crippen LogP contribution in [-0.4, -0.2) is 48.0 Å². The first-order chi connectivity index (χ1) is 12.5. The van der Waals surface area contributed by atoms with E-state index in [1.807, 2.05) is 6.92 Å². The number of thioether (sulfide) groups is 1. The van der Waals surface area contributed by atoms with Gasteiger partial charge in [0.05, 0.1) is 24.2 Å². The molecule has 26 heavy (non-hydrogen) atoms. The molecule has 1 aliphatic heterocycles. The summed E-state index contributed by atoms with van der Waals surface area (Å²) in [7, 11) is 0. The van der Waals surface area contributed by atoms with E-state index in [1.165, 1.54) is 16.7 Å². The first-order valence-electron chi connectivity index (χ1n) is 8.61. The third kappa shape index (κ3) is 4.98. The summed E-state index contributed by atoms with van der Waals surface area (Å²) >= 11 is 1.21. The molecule has 2 rings (SSSR count). The van der Waals surface area contributed by atoms with Gasteiger partial charge in [-0.25, -0.2) is 4.90 Å². The van der Waals surface area contributed by atoms with Crippen LogP contribution in [0.25, 0.3) is 0 Å². The van der Waals surface area contributed by atoms with Gasteiger partial charge >= 0.3 is 5.97 Å². The summed E-state index contributed by atoms with van der Waals surface area (Å²) in [6.45, 7) is 4.58. The molecule has 1 fully saturated rings. The van der Waals surface area contributed by atoms with E-state index in [4.69, 9.17) is 15.2 Å². The Bertz CT molecular complexity index is 649. The SMILES string of the molecule is CCCOc1ccc(N2C(=O)C[C@H](SC[C@@H](N)C(=O)OCC)C2=O)cc1. The number of benzene rings is 1. The Labute approximate surface area is 157 Å². The number of hydrogen-bond donors (Lipinski definition) is 1. The highest BCUT2D eigenvalue weighted by molar-refractivity contribution is 8.00. The Morgan fingerprint density at radius 1 is 1.31 bits per heavy atom. The van der Waals surface area contributed by atoms with Crippen molar-refractivity contribution in [1.82, 2.24) is 0 Å². The normalized spacial score (nSPS) is 18.1. The summed E-state index contributed by atoms with van der Waals surface area (Å²) in [5, 5.41) is -0.543. The summed E-state index contributed by atoms with van der Waals surface area (Å²) < 4.78 is 10.3. The van der Waals surface area contributed by atoms with Gasteiger partial charge in [0.1, 0.15) is 11.8 Å². The van der Waals surface area contributed by atoms with Crippen molar-refractivity contribution in [3.8, 4) is 5.75 Å². The van der Waals surface area contributed by atoms with Gasteiger partial charge < -0.3 is 15.2 Å². The third-order valence-electron chi connectivity index (χ3n) is 3.74. The van der Waals surface area contributed by atoms with Gasteiger partial charge in [0, 0.05) is 12.2 Å². The van der Waals surface area contributed by atoms with E-state index in [0.29, 0.717) is 18.0 Å². The molecule has 2 amide bonds. The number of amides is 2. The van der Waals surface area contributed by atoms with Gasteiger partial charge in [0.2, 0.25) is 11.8 Å². The Morgan fingerprint density at radius 3 is 2.62 bits per heavy atom. The predicted octanol–water partition coefficient (Wildman–Crippen LogP) is 1.73. The van der Waals surface area contributed by atoms with Crippen LogP contribution in [0.2, 0.25) is 0 Å². The quantitative estimate of drug-likeness (QED) is 0.514. The van der Waals surface area contributed by atoms with E-state index in [1.54, 1.807) is 31.2 Å². The molecule has 0 spiro atoms. The molecule has 142 valence electrons. The van der Waals surface area contributed by atoms with Crippen molar-refractivity contribution < 1.29 is 23.9 Å². The average molecular weight is 380 g/mol. The number of nitrogens with two attached hydrogens (primary N) is 1. The molecule has 7 nitrogen and oxygen atoms in total. The molecule has 1 saturated heterocycles. The Balaban J connectivity index is 1.96. The zero-order chi connectivity index (χ0) is 19.1. The topological polar surface area (TPSA) is 98.9 Å². The van der Waals surface area contributed by atoms with Gasteiger partial charge in [0.25, 0.3) is 0 Å². The zero-order valence-electron chi connectivity index (χ0n) is 15.0. The minimum absolute atomic E-state index is 0.0904. The van der Waals surface area contributed by atoms with Crippen molar-refractivity contribution in [2.24, 2.45) is 5.73 Å². The van der Waals surface area contributed by atoms with E-state index < -0.39 is 17.3 Å². The van der Waals surface area contributed by atoms with Crippen LogP contribution in [0, 0.1) is 0 Å². The third-order valence-corrected chi connectivity index (χ3v) is 5.06. The predicted molar refractivity (Wildman–Crippen MR) is 100 cm³/mol. The maximum atomic E-state index is 12.6. The Morgan fingerprint density at radius 2 is 2.00 bits per heavy atom. The van der Waals surface area contributed by atoms with Gasteiger partial charge in [-0.3, -0.25) is 14.4 Å². The number of esters is 1. The van der Waals surface area contributed by atoms with E-state index in [2.05, 4.69) is 0 Å². The van der Waals surface area contributed by atoms with Gasteiger partial charge in [-0.15, -0.1) is 11.8 Å². The number of ether oxygens (including phenoxy) is 2. The molecule has 0 aromatic heterocycles. The summed E-state index contributed by atoms with van der Waals surface area (Å²) in [4.78, 5) is 37.6. The maximum Gasteiger partial charge on any atom is 0.323 e. The molecule has 0 unspecified atom stereocenters. The zero-order valence-corrected chi connectivity index (χ0v) is 15.8. The van der Waals surface area contributed by atoms with Crippen LogP contribution in [0.5, 0.6) is 5.75 Å². The van der Waals surface area contributed by atoms with Crippen LogP contribution in [0.15, 0.2) is 24.3 Å². The number of carbonyl (C=O) groups is 3. The molecule has 0 saturated carbocycles. The molecular formula is C18H24N2O5S. The van der Waals surface area contributed by atoms with Crippen LogP contribution in [0.3, 0.4) is 0 Å². The van der Waals surface area contributed by atoms with Gasteiger partial charge in [-0.05, 0) is 37.6 Å². The molecule has 2 atom stereocenters. The first-order valence-corrected chi connectivity index (χ1v) is 9.66. The van der Waals surface area contributed by atoms with Crippen molar-refractivity contribution in [2.45, 2.75) is 38.0 Å². The number of nitrogens with zero attached hydrogens (tertiary/aromatic N) is 1. The molecular weight excluding hydrogens is 356 g/mol. The minimum atomic E-state index is -0.813. The largest absolute Gasteiger partial charge is 0.494 e. The molecule has 1 aromatic carbocycles. The lowest BCUT2D eigenvalue weighted by atomic mass is 10.3. The summed E-state index contributed by atoms with van der Waals surface area (Å²) in [6.07, 6.45) is 0.991. The second-order valence-electron chi connectivity index (χ2n) is 5.79. The Hall–Kier alpha value is -2.06. The van der Waals surface area contributed by atoms with E-state index >= 15 is 0 Å². The van der Waals surface area contributed by atoms with Crippen LogP contribution in [-0.2, 0) is 19.1 Å². The summed E-state index contributed by atoms with van der Waals surface area (Å²) in [5.74, 6) is -0.143. The smallest absolute Gasteiger partial charge is 0.323 e. The van der Waals surface area contributed by atoms with Crippen LogP contribution in [0.4, 0.5) is 5.69 Å². The van der Waals surface area contributed by atoms with E-state index in [-0.39, 0.29) is 30.6 Å². The second kappa shape index (κ2) is 9.59. The fourth-order valence-corrected chi connectivity index (χ4v) is 3.54. The van der Waals surface area contributed by atoms with E-state index in [0.717, 1.165) is 6.42 Å².